The van der Waals surface area contributed by atoms with Gasteiger partial charge in [-0.2, -0.15) is 11.8 Å². The first-order valence-corrected chi connectivity index (χ1v) is 5.61. The molecule has 5 atom stereocenters. The minimum absolute atomic E-state index is 0.0489. The van der Waals surface area contributed by atoms with Crippen LogP contribution < -0.4 is 0 Å². The summed E-state index contributed by atoms with van der Waals surface area (Å²) in [7, 11) is 0. The van der Waals surface area contributed by atoms with Crippen molar-refractivity contribution in [2.75, 3.05) is 0 Å². The molecule has 2 aliphatic heterocycles. The van der Waals surface area contributed by atoms with E-state index in [0.29, 0.717) is 11.2 Å². The molecule has 1 N–H and O–H groups in total. The van der Waals surface area contributed by atoms with Crippen molar-refractivity contribution in [1.29, 1.82) is 0 Å². The Hall–Kier alpha value is 0.310. The van der Waals surface area contributed by atoms with Gasteiger partial charge in [0.05, 0.1) is 6.10 Å². The third kappa shape index (κ3) is 0.888. The summed E-state index contributed by atoms with van der Waals surface area (Å²) in [5.74, 6) is 1.66. The Morgan fingerprint density at radius 2 is 2.00 bits per heavy atom. The molecule has 0 amide bonds. The summed E-state index contributed by atoms with van der Waals surface area (Å²) in [6, 6.07) is 0. The molecule has 2 aliphatic carbocycles. The maximum Gasteiger partial charge on any atom is 0.0687 e. The van der Waals surface area contributed by atoms with Crippen molar-refractivity contribution in [3.8, 4) is 0 Å². The number of hydrogen-bond donors (Lipinski definition) is 1. The monoisotopic (exact) mass is 170 g/mol. The van der Waals surface area contributed by atoms with Crippen molar-refractivity contribution in [3.63, 3.8) is 0 Å². The van der Waals surface area contributed by atoms with Crippen LogP contribution in [0, 0.1) is 11.8 Å². The van der Waals surface area contributed by atoms with Crippen LogP contribution in [0.2, 0.25) is 0 Å². The summed E-state index contributed by atoms with van der Waals surface area (Å²) in [5.41, 5.74) is 0. The summed E-state index contributed by atoms with van der Waals surface area (Å²) in [6.07, 6.45) is 5.43. The van der Waals surface area contributed by atoms with Crippen LogP contribution in [0.4, 0.5) is 0 Å². The molecule has 4 rings (SSSR count). The second kappa shape index (κ2) is 2.17. The van der Waals surface area contributed by atoms with E-state index in [4.69, 9.17) is 0 Å². The Morgan fingerprint density at radius 3 is 2.73 bits per heavy atom. The standard InChI is InChI=1S/C9H14OS/c10-9-6-1-5-2-7(4-6)11-8(9)3-5/h5-10H,1-4H2. The lowest BCUT2D eigenvalue weighted by Crippen LogP contribution is -2.50. The van der Waals surface area contributed by atoms with Gasteiger partial charge in [0.1, 0.15) is 0 Å². The molecule has 0 spiro atoms. The molecule has 62 valence electrons. The summed E-state index contributed by atoms with van der Waals surface area (Å²) >= 11 is 2.07. The first-order valence-electron chi connectivity index (χ1n) is 4.66. The van der Waals surface area contributed by atoms with E-state index in [0.717, 1.165) is 11.2 Å². The van der Waals surface area contributed by atoms with Gasteiger partial charge in [-0.05, 0) is 37.5 Å². The molecule has 1 nitrogen and oxygen atoms in total. The number of hydrogen-bond acceptors (Lipinski definition) is 2. The van der Waals surface area contributed by atoms with E-state index in [1.807, 2.05) is 0 Å². The van der Waals surface area contributed by atoms with E-state index in [-0.39, 0.29) is 6.10 Å². The number of aliphatic hydroxyl groups is 1. The number of thioether (sulfide) groups is 1. The minimum atomic E-state index is 0.0489. The third-order valence-corrected chi connectivity index (χ3v) is 5.19. The molecule has 0 radical (unpaired) electrons. The van der Waals surface area contributed by atoms with Crippen molar-refractivity contribution in [2.45, 2.75) is 42.3 Å². The topological polar surface area (TPSA) is 20.2 Å². The molecule has 4 fully saturated rings. The fourth-order valence-corrected chi connectivity index (χ4v) is 5.17. The van der Waals surface area contributed by atoms with E-state index in [1.165, 1.54) is 25.7 Å². The molecule has 11 heavy (non-hydrogen) atoms. The Morgan fingerprint density at radius 1 is 1.09 bits per heavy atom. The van der Waals surface area contributed by atoms with Crippen LogP contribution in [-0.4, -0.2) is 21.7 Å². The zero-order valence-electron chi connectivity index (χ0n) is 6.57. The largest absolute Gasteiger partial charge is 0.392 e. The molecule has 2 heteroatoms. The highest BCUT2D eigenvalue weighted by molar-refractivity contribution is 8.00. The average Bonchev–Trinajstić information content (AvgIpc) is 1.98. The molecule has 5 unspecified atom stereocenters. The van der Waals surface area contributed by atoms with E-state index >= 15 is 0 Å². The van der Waals surface area contributed by atoms with Crippen molar-refractivity contribution in [3.05, 3.63) is 0 Å². The quantitative estimate of drug-likeness (QED) is 0.596. The predicted octanol–water partition coefficient (Wildman–Crippen LogP) is 1.65. The zero-order valence-corrected chi connectivity index (χ0v) is 7.39. The van der Waals surface area contributed by atoms with Gasteiger partial charge in [0.25, 0.3) is 0 Å². The van der Waals surface area contributed by atoms with Crippen LogP contribution in [0.3, 0.4) is 0 Å². The maximum absolute atomic E-state index is 9.81. The van der Waals surface area contributed by atoms with Crippen molar-refractivity contribution in [1.82, 2.24) is 0 Å². The van der Waals surface area contributed by atoms with Gasteiger partial charge in [0.15, 0.2) is 0 Å². The van der Waals surface area contributed by atoms with Crippen molar-refractivity contribution < 1.29 is 5.11 Å². The second-order valence-electron chi connectivity index (χ2n) is 4.36. The van der Waals surface area contributed by atoms with Gasteiger partial charge in [-0.25, -0.2) is 0 Å². The lowest BCUT2D eigenvalue weighted by Gasteiger charge is -2.51. The van der Waals surface area contributed by atoms with E-state index < -0.39 is 0 Å². The molecule has 0 aromatic heterocycles. The highest BCUT2D eigenvalue weighted by Crippen LogP contribution is 2.53. The van der Waals surface area contributed by atoms with Crippen LogP contribution in [0.1, 0.15) is 25.7 Å². The fourth-order valence-electron chi connectivity index (χ4n) is 3.16. The van der Waals surface area contributed by atoms with Gasteiger partial charge in [-0.3, -0.25) is 0 Å². The SMILES string of the molecule is OC1C2CC3CC(C2)SC1C3. The fraction of sp³-hybridized carbons (Fsp3) is 1.00. The van der Waals surface area contributed by atoms with E-state index in [9.17, 15) is 5.11 Å². The molecule has 0 aromatic carbocycles. The molecule has 2 saturated heterocycles. The van der Waals surface area contributed by atoms with Gasteiger partial charge in [-0.1, -0.05) is 0 Å². The van der Waals surface area contributed by atoms with Crippen molar-refractivity contribution >= 4 is 11.8 Å². The number of rotatable bonds is 0. The lowest BCUT2D eigenvalue weighted by atomic mass is 9.70. The Labute approximate surface area is 71.6 Å². The van der Waals surface area contributed by atoms with Gasteiger partial charge in [0.2, 0.25) is 0 Å². The summed E-state index contributed by atoms with van der Waals surface area (Å²) < 4.78 is 0. The van der Waals surface area contributed by atoms with Gasteiger partial charge < -0.3 is 5.11 Å². The molecule has 2 saturated carbocycles. The summed E-state index contributed by atoms with van der Waals surface area (Å²) in [6.45, 7) is 0. The minimum Gasteiger partial charge on any atom is -0.392 e. The zero-order chi connectivity index (χ0) is 7.42. The molecular formula is C9H14OS. The van der Waals surface area contributed by atoms with Crippen LogP contribution in [0.15, 0.2) is 0 Å². The van der Waals surface area contributed by atoms with Gasteiger partial charge in [0, 0.05) is 10.5 Å². The van der Waals surface area contributed by atoms with Crippen LogP contribution in [-0.2, 0) is 0 Å². The molecule has 0 aromatic rings. The summed E-state index contributed by atoms with van der Waals surface area (Å²) in [4.78, 5) is 0. The Kier molecular flexibility index (Phi) is 1.34. The van der Waals surface area contributed by atoms with Crippen LogP contribution in [0.5, 0.6) is 0 Å². The normalized spacial score (nSPS) is 60.3. The molecule has 2 heterocycles. The van der Waals surface area contributed by atoms with Crippen LogP contribution >= 0.6 is 11.8 Å². The van der Waals surface area contributed by atoms with E-state index in [2.05, 4.69) is 11.8 Å². The van der Waals surface area contributed by atoms with Gasteiger partial charge >= 0.3 is 0 Å². The maximum atomic E-state index is 9.81. The first kappa shape index (κ1) is 6.79. The summed E-state index contributed by atoms with van der Waals surface area (Å²) in [5, 5.41) is 11.3. The lowest BCUT2D eigenvalue weighted by molar-refractivity contribution is 0.0203. The molecular weight excluding hydrogens is 156 g/mol. The smallest absolute Gasteiger partial charge is 0.0687 e. The first-order chi connectivity index (χ1) is 5.33. The Balaban J connectivity index is 1.91. The second-order valence-corrected chi connectivity index (χ2v) is 5.90. The van der Waals surface area contributed by atoms with E-state index in [1.54, 1.807) is 0 Å². The highest BCUT2D eigenvalue weighted by Gasteiger charge is 2.48. The number of aliphatic hydroxyl groups excluding tert-OH is 1. The highest BCUT2D eigenvalue weighted by atomic mass is 32.2. The van der Waals surface area contributed by atoms with Gasteiger partial charge in [-0.15, -0.1) is 0 Å². The Bertz CT molecular complexity index is 152. The third-order valence-electron chi connectivity index (χ3n) is 3.59. The average molecular weight is 170 g/mol. The predicted molar refractivity (Wildman–Crippen MR) is 46.6 cm³/mol. The molecule has 4 bridgehead atoms. The molecule has 4 aliphatic rings. The van der Waals surface area contributed by atoms with Crippen LogP contribution in [0.25, 0.3) is 0 Å². The van der Waals surface area contributed by atoms with Crippen molar-refractivity contribution in [2.24, 2.45) is 11.8 Å².